The third kappa shape index (κ3) is 1.39. The first-order chi connectivity index (χ1) is 4.34. The molecule has 1 aromatic heterocycles. The maximum atomic E-state index is 4.11. The minimum atomic E-state index is 0.955. The average molecular weight is 139 g/mol. The van der Waals surface area contributed by atoms with Crippen molar-refractivity contribution in [2.75, 3.05) is 0 Å². The van der Waals surface area contributed by atoms with E-state index in [1.54, 1.807) is 11.3 Å². The van der Waals surface area contributed by atoms with E-state index in [9.17, 15) is 0 Å². The van der Waals surface area contributed by atoms with Crippen LogP contribution in [0, 0.1) is 6.92 Å². The van der Waals surface area contributed by atoms with Crippen LogP contribution in [-0.4, -0.2) is 4.98 Å². The molecular formula is C7H9NS. The lowest BCUT2D eigenvalue weighted by Crippen LogP contribution is -1.77. The highest BCUT2D eigenvalue weighted by Crippen LogP contribution is 2.12. The van der Waals surface area contributed by atoms with Crippen molar-refractivity contribution in [1.29, 1.82) is 0 Å². The lowest BCUT2D eigenvalue weighted by atomic mass is 10.3. The van der Waals surface area contributed by atoms with Gasteiger partial charge >= 0.3 is 0 Å². The van der Waals surface area contributed by atoms with Gasteiger partial charge in [-0.25, -0.2) is 4.98 Å². The summed E-state index contributed by atoms with van der Waals surface area (Å²) in [6, 6.07) is 0. The van der Waals surface area contributed by atoms with Crippen LogP contribution in [0.4, 0.5) is 0 Å². The molecule has 1 aromatic rings. The smallest absolute Gasteiger partial charge is 0.0797 e. The van der Waals surface area contributed by atoms with Gasteiger partial charge in [-0.15, -0.1) is 17.9 Å². The zero-order chi connectivity index (χ0) is 6.69. The van der Waals surface area contributed by atoms with Crippen molar-refractivity contribution >= 4 is 11.3 Å². The van der Waals surface area contributed by atoms with E-state index in [1.807, 2.05) is 18.5 Å². The van der Waals surface area contributed by atoms with Crippen LogP contribution in [0.25, 0.3) is 0 Å². The first-order valence-corrected chi connectivity index (χ1v) is 3.72. The van der Waals surface area contributed by atoms with Crippen LogP contribution >= 0.6 is 11.3 Å². The summed E-state index contributed by atoms with van der Waals surface area (Å²) in [5.74, 6) is 0. The Labute approximate surface area is 59.1 Å². The van der Waals surface area contributed by atoms with Crippen molar-refractivity contribution in [2.45, 2.75) is 13.3 Å². The molecule has 0 unspecified atom stereocenters. The molecule has 0 N–H and O–H groups in total. The van der Waals surface area contributed by atoms with Crippen LogP contribution in [0.15, 0.2) is 18.2 Å². The number of aromatic nitrogens is 1. The van der Waals surface area contributed by atoms with Gasteiger partial charge in [-0.2, -0.15) is 0 Å². The van der Waals surface area contributed by atoms with Crippen LogP contribution in [0.1, 0.15) is 10.6 Å². The van der Waals surface area contributed by atoms with Crippen molar-refractivity contribution in [3.63, 3.8) is 0 Å². The fraction of sp³-hybridized carbons (Fsp3) is 0.286. The lowest BCUT2D eigenvalue weighted by Gasteiger charge is -1.87. The summed E-state index contributed by atoms with van der Waals surface area (Å²) in [6.07, 6.45) is 2.86. The van der Waals surface area contributed by atoms with E-state index in [4.69, 9.17) is 0 Å². The molecule has 0 aliphatic rings. The van der Waals surface area contributed by atoms with Crippen molar-refractivity contribution in [2.24, 2.45) is 0 Å². The first kappa shape index (κ1) is 6.49. The summed E-state index contributed by atoms with van der Waals surface area (Å²) < 4.78 is 0. The number of aryl methyl sites for hydroxylation is 1. The normalized spacial score (nSPS) is 9.44. The second-order valence-electron chi connectivity index (χ2n) is 1.85. The van der Waals surface area contributed by atoms with Gasteiger partial charge in [0.15, 0.2) is 0 Å². The van der Waals surface area contributed by atoms with E-state index >= 15 is 0 Å². The molecule has 48 valence electrons. The highest BCUT2D eigenvalue weighted by molar-refractivity contribution is 7.09. The number of thiazole rings is 1. The Morgan fingerprint density at radius 3 is 3.11 bits per heavy atom. The molecule has 0 spiro atoms. The monoisotopic (exact) mass is 139 g/mol. The van der Waals surface area contributed by atoms with Gasteiger partial charge in [0.1, 0.15) is 0 Å². The molecule has 0 aliphatic carbocycles. The van der Waals surface area contributed by atoms with Crippen molar-refractivity contribution in [3.05, 3.63) is 28.7 Å². The minimum Gasteiger partial charge on any atom is -0.250 e. The Morgan fingerprint density at radius 2 is 2.67 bits per heavy atom. The quantitative estimate of drug-likeness (QED) is 0.572. The maximum absolute atomic E-state index is 4.11. The van der Waals surface area contributed by atoms with Gasteiger partial charge in [0.25, 0.3) is 0 Å². The van der Waals surface area contributed by atoms with Gasteiger partial charge in [-0.3, -0.25) is 0 Å². The van der Waals surface area contributed by atoms with Crippen LogP contribution in [-0.2, 0) is 6.42 Å². The number of allylic oxidation sites excluding steroid dienone is 1. The van der Waals surface area contributed by atoms with Gasteiger partial charge < -0.3 is 0 Å². The van der Waals surface area contributed by atoms with E-state index in [1.165, 1.54) is 4.88 Å². The molecule has 0 aromatic carbocycles. The van der Waals surface area contributed by atoms with Crippen molar-refractivity contribution in [3.8, 4) is 0 Å². The average Bonchev–Trinajstić information content (AvgIpc) is 2.18. The highest BCUT2D eigenvalue weighted by atomic mass is 32.1. The topological polar surface area (TPSA) is 12.9 Å². The summed E-state index contributed by atoms with van der Waals surface area (Å²) in [7, 11) is 0. The van der Waals surface area contributed by atoms with Crippen molar-refractivity contribution < 1.29 is 0 Å². The number of hydrogen-bond donors (Lipinski definition) is 0. The fourth-order valence-electron chi connectivity index (χ4n) is 0.653. The zero-order valence-corrected chi connectivity index (χ0v) is 6.24. The van der Waals surface area contributed by atoms with E-state index in [2.05, 4.69) is 11.6 Å². The van der Waals surface area contributed by atoms with Gasteiger partial charge in [-0.05, 0) is 6.92 Å². The van der Waals surface area contributed by atoms with Crippen LogP contribution in [0.3, 0.4) is 0 Å². The van der Waals surface area contributed by atoms with Crippen LogP contribution in [0.2, 0.25) is 0 Å². The van der Waals surface area contributed by atoms with Crippen molar-refractivity contribution in [1.82, 2.24) is 4.98 Å². The van der Waals surface area contributed by atoms with E-state index in [0.29, 0.717) is 0 Å². The zero-order valence-electron chi connectivity index (χ0n) is 5.42. The number of nitrogens with zero attached hydrogens (tertiary/aromatic N) is 1. The molecule has 0 bridgehead atoms. The van der Waals surface area contributed by atoms with Gasteiger partial charge in [-0.1, -0.05) is 6.08 Å². The molecule has 0 aliphatic heterocycles. The Hall–Kier alpha value is -0.630. The van der Waals surface area contributed by atoms with Gasteiger partial charge in [0.2, 0.25) is 0 Å². The summed E-state index contributed by atoms with van der Waals surface area (Å²) in [5, 5.41) is 0. The standard InChI is InChI=1S/C7H9NS/c1-3-4-7-6(2)8-5-9-7/h3,5H,1,4H2,2H3. The number of hydrogen-bond acceptors (Lipinski definition) is 2. The predicted molar refractivity (Wildman–Crippen MR) is 40.8 cm³/mol. The SMILES string of the molecule is C=CCc1scnc1C. The molecule has 0 saturated heterocycles. The predicted octanol–water partition coefficient (Wildman–Crippen LogP) is 2.18. The Morgan fingerprint density at radius 1 is 1.89 bits per heavy atom. The third-order valence-corrected chi connectivity index (χ3v) is 2.13. The largest absolute Gasteiger partial charge is 0.250 e. The molecule has 2 heteroatoms. The second-order valence-corrected chi connectivity index (χ2v) is 2.79. The van der Waals surface area contributed by atoms with Crippen LogP contribution in [0.5, 0.6) is 0 Å². The fourth-order valence-corrected chi connectivity index (χ4v) is 1.43. The molecule has 0 radical (unpaired) electrons. The summed E-state index contributed by atoms with van der Waals surface area (Å²) in [6.45, 7) is 5.68. The van der Waals surface area contributed by atoms with E-state index in [-0.39, 0.29) is 0 Å². The maximum Gasteiger partial charge on any atom is 0.0797 e. The van der Waals surface area contributed by atoms with E-state index in [0.717, 1.165) is 12.1 Å². The molecule has 0 saturated carbocycles. The van der Waals surface area contributed by atoms with E-state index < -0.39 is 0 Å². The number of rotatable bonds is 2. The van der Waals surface area contributed by atoms with Gasteiger partial charge in [0.05, 0.1) is 11.2 Å². The second kappa shape index (κ2) is 2.78. The summed E-state index contributed by atoms with van der Waals surface area (Å²) in [5.41, 5.74) is 3.01. The Kier molecular flexibility index (Phi) is 2.01. The lowest BCUT2D eigenvalue weighted by molar-refractivity contribution is 1.18. The Bertz CT molecular complexity index is 202. The van der Waals surface area contributed by atoms with Crippen LogP contribution < -0.4 is 0 Å². The third-order valence-electron chi connectivity index (χ3n) is 1.17. The summed E-state index contributed by atoms with van der Waals surface area (Å²) in [4.78, 5) is 5.43. The minimum absolute atomic E-state index is 0.955. The molecule has 1 rings (SSSR count). The molecule has 0 amide bonds. The highest BCUT2D eigenvalue weighted by Gasteiger charge is 1.95. The molecular weight excluding hydrogens is 130 g/mol. The molecule has 9 heavy (non-hydrogen) atoms. The molecule has 1 nitrogen and oxygen atoms in total. The van der Waals surface area contributed by atoms with Gasteiger partial charge in [0, 0.05) is 11.3 Å². The molecule has 0 atom stereocenters. The molecule has 1 heterocycles. The summed E-state index contributed by atoms with van der Waals surface area (Å²) >= 11 is 1.69. The Balaban J connectivity index is 2.80. The molecule has 0 fully saturated rings. The first-order valence-electron chi connectivity index (χ1n) is 2.84.